The van der Waals surface area contributed by atoms with Gasteiger partial charge in [-0.3, -0.25) is 19.6 Å². The Morgan fingerprint density at radius 1 is 1.10 bits per heavy atom. The van der Waals surface area contributed by atoms with Gasteiger partial charge in [-0.05, 0) is 55.5 Å². The van der Waals surface area contributed by atoms with Gasteiger partial charge in [0.15, 0.2) is 0 Å². The van der Waals surface area contributed by atoms with Crippen molar-refractivity contribution in [3.63, 3.8) is 0 Å². The molecule has 0 saturated heterocycles. The first-order valence-corrected chi connectivity index (χ1v) is 9.01. The lowest BCUT2D eigenvalue weighted by Crippen LogP contribution is -2.14. The van der Waals surface area contributed by atoms with Gasteiger partial charge in [-0.2, -0.15) is 5.10 Å². The summed E-state index contributed by atoms with van der Waals surface area (Å²) in [6.07, 6.45) is 2.59. The topological polar surface area (TPSA) is 109 Å². The van der Waals surface area contributed by atoms with E-state index in [1.807, 2.05) is 31.2 Å². The SMILES string of the molecule is CCOc1ccc(Oc2ccc(NC(=O)CCn3cc([N+](=O)[O-])cn3)cc2)cc1. The lowest BCUT2D eigenvalue weighted by atomic mass is 10.2. The molecule has 3 rings (SSSR count). The van der Waals surface area contributed by atoms with E-state index in [1.165, 1.54) is 10.9 Å². The maximum atomic E-state index is 12.1. The quantitative estimate of drug-likeness (QED) is 0.432. The van der Waals surface area contributed by atoms with Gasteiger partial charge in [0.2, 0.25) is 5.91 Å². The van der Waals surface area contributed by atoms with Crippen LogP contribution in [0.25, 0.3) is 0 Å². The van der Waals surface area contributed by atoms with Crippen LogP contribution in [0.3, 0.4) is 0 Å². The molecule has 3 aromatic rings. The van der Waals surface area contributed by atoms with Crippen LogP contribution >= 0.6 is 0 Å². The van der Waals surface area contributed by atoms with E-state index < -0.39 is 4.92 Å². The highest BCUT2D eigenvalue weighted by molar-refractivity contribution is 5.90. The van der Waals surface area contributed by atoms with Crippen molar-refractivity contribution in [3.8, 4) is 17.2 Å². The molecule has 1 amide bonds. The van der Waals surface area contributed by atoms with Gasteiger partial charge in [0, 0.05) is 18.7 Å². The van der Waals surface area contributed by atoms with Crippen molar-refractivity contribution >= 4 is 17.3 Å². The fraction of sp³-hybridized carbons (Fsp3) is 0.200. The molecule has 0 aliphatic carbocycles. The molecule has 9 nitrogen and oxygen atoms in total. The molecule has 0 radical (unpaired) electrons. The minimum atomic E-state index is -0.527. The van der Waals surface area contributed by atoms with Crippen LogP contribution in [0.15, 0.2) is 60.9 Å². The zero-order chi connectivity index (χ0) is 20.6. The Kier molecular flexibility index (Phi) is 6.41. The molecule has 0 bridgehead atoms. The maximum absolute atomic E-state index is 12.1. The number of aromatic nitrogens is 2. The molecule has 0 spiro atoms. The van der Waals surface area contributed by atoms with Gasteiger partial charge < -0.3 is 14.8 Å². The van der Waals surface area contributed by atoms with Crippen LogP contribution in [-0.2, 0) is 11.3 Å². The zero-order valence-corrected chi connectivity index (χ0v) is 15.8. The molecule has 9 heteroatoms. The molecule has 150 valence electrons. The number of benzene rings is 2. The van der Waals surface area contributed by atoms with E-state index >= 15 is 0 Å². The van der Waals surface area contributed by atoms with Gasteiger partial charge in [0.1, 0.15) is 29.6 Å². The third-order valence-corrected chi connectivity index (χ3v) is 3.91. The number of aryl methyl sites for hydroxylation is 1. The predicted octanol–water partition coefficient (Wildman–Crippen LogP) is 4.01. The molecule has 0 atom stereocenters. The highest BCUT2D eigenvalue weighted by Gasteiger charge is 2.10. The fourth-order valence-corrected chi connectivity index (χ4v) is 2.52. The lowest BCUT2D eigenvalue weighted by Gasteiger charge is -2.09. The van der Waals surface area contributed by atoms with Gasteiger partial charge in [0.05, 0.1) is 11.5 Å². The minimum Gasteiger partial charge on any atom is -0.494 e. The minimum absolute atomic E-state index is 0.103. The van der Waals surface area contributed by atoms with Crippen molar-refractivity contribution in [1.82, 2.24) is 9.78 Å². The summed E-state index contributed by atoms with van der Waals surface area (Å²) in [6, 6.07) is 14.3. The van der Waals surface area contributed by atoms with Gasteiger partial charge in [-0.25, -0.2) is 0 Å². The van der Waals surface area contributed by atoms with Crippen LogP contribution in [0.1, 0.15) is 13.3 Å². The number of carbonyl (C=O) groups is 1. The van der Waals surface area contributed by atoms with Crippen molar-refractivity contribution < 1.29 is 19.2 Å². The number of nitrogens with one attached hydrogen (secondary N) is 1. The van der Waals surface area contributed by atoms with E-state index in [0.29, 0.717) is 23.8 Å². The second-order valence-electron chi connectivity index (χ2n) is 6.05. The largest absolute Gasteiger partial charge is 0.494 e. The van der Waals surface area contributed by atoms with E-state index in [4.69, 9.17) is 9.47 Å². The normalized spacial score (nSPS) is 10.4. The third-order valence-electron chi connectivity index (χ3n) is 3.91. The molecule has 0 fully saturated rings. The van der Waals surface area contributed by atoms with E-state index in [0.717, 1.165) is 11.9 Å². The van der Waals surface area contributed by atoms with Crippen molar-refractivity contribution in [1.29, 1.82) is 0 Å². The summed E-state index contributed by atoms with van der Waals surface area (Å²) >= 11 is 0. The zero-order valence-electron chi connectivity index (χ0n) is 15.8. The number of amides is 1. The van der Waals surface area contributed by atoms with Crippen molar-refractivity contribution in [2.24, 2.45) is 0 Å². The molecule has 1 N–H and O–H groups in total. The number of anilines is 1. The van der Waals surface area contributed by atoms with E-state index in [2.05, 4.69) is 10.4 Å². The molecule has 0 unspecified atom stereocenters. The summed E-state index contributed by atoms with van der Waals surface area (Å²) in [7, 11) is 0. The van der Waals surface area contributed by atoms with Crippen molar-refractivity contribution in [2.45, 2.75) is 19.9 Å². The average Bonchev–Trinajstić information content (AvgIpc) is 3.19. The predicted molar refractivity (Wildman–Crippen MR) is 106 cm³/mol. The first kappa shape index (κ1) is 19.9. The number of ether oxygens (including phenoxy) is 2. The molecule has 29 heavy (non-hydrogen) atoms. The smallest absolute Gasteiger partial charge is 0.306 e. The first-order chi connectivity index (χ1) is 14.0. The molecule has 2 aromatic carbocycles. The number of hydrogen-bond acceptors (Lipinski definition) is 6. The Morgan fingerprint density at radius 3 is 2.31 bits per heavy atom. The Morgan fingerprint density at radius 2 is 1.72 bits per heavy atom. The van der Waals surface area contributed by atoms with Gasteiger partial charge in [-0.15, -0.1) is 0 Å². The summed E-state index contributed by atoms with van der Waals surface area (Å²) < 4.78 is 12.5. The molecular weight excluding hydrogens is 376 g/mol. The maximum Gasteiger partial charge on any atom is 0.306 e. The highest BCUT2D eigenvalue weighted by atomic mass is 16.6. The number of nitro groups is 1. The molecule has 0 saturated carbocycles. The van der Waals surface area contributed by atoms with Crippen LogP contribution < -0.4 is 14.8 Å². The van der Waals surface area contributed by atoms with E-state index in [9.17, 15) is 14.9 Å². The second-order valence-corrected chi connectivity index (χ2v) is 6.05. The second kappa shape index (κ2) is 9.36. The van der Waals surface area contributed by atoms with E-state index in [1.54, 1.807) is 24.3 Å². The Balaban J connectivity index is 1.48. The Hall–Kier alpha value is -3.88. The monoisotopic (exact) mass is 396 g/mol. The Labute approximate surface area is 167 Å². The molecule has 0 aliphatic rings. The number of rotatable bonds is 9. The fourth-order valence-electron chi connectivity index (χ4n) is 2.52. The average molecular weight is 396 g/mol. The van der Waals surface area contributed by atoms with Crippen LogP contribution in [-0.4, -0.2) is 27.2 Å². The molecule has 0 aliphatic heterocycles. The summed E-state index contributed by atoms with van der Waals surface area (Å²) in [5.41, 5.74) is 0.522. The van der Waals surface area contributed by atoms with Crippen LogP contribution in [0.4, 0.5) is 11.4 Å². The lowest BCUT2D eigenvalue weighted by molar-refractivity contribution is -0.385. The first-order valence-electron chi connectivity index (χ1n) is 9.01. The van der Waals surface area contributed by atoms with Crippen LogP contribution in [0, 0.1) is 10.1 Å². The number of carbonyl (C=O) groups excluding carboxylic acids is 1. The van der Waals surface area contributed by atoms with Gasteiger partial charge >= 0.3 is 5.69 Å². The van der Waals surface area contributed by atoms with E-state index in [-0.39, 0.29) is 24.6 Å². The summed E-state index contributed by atoms with van der Waals surface area (Å²) in [5, 5.41) is 17.3. The van der Waals surface area contributed by atoms with Crippen molar-refractivity contribution in [3.05, 3.63) is 71.0 Å². The van der Waals surface area contributed by atoms with Crippen LogP contribution in [0.2, 0.25) is 0 Å². The van der Waals surface area contributed by atoms with Crippen LogP contribution in [0.5, 0.6) is 17.2 Å². The third kappa shape index (κ3) is 5.80. The van der Waals surface area contributed by atoms with Gasteiger partial charge in [-0.1, -0.05) is 0 Å². The number of hydrogen-bond donors (Lipinski definition) is 1. The standard InChI is InChI=1S/C20H20N4O5/c1-2-28-17-7-9-19(10-8-17)29-18-5-3-15(4-6-18)22-20(25)11-12-23-14-16(13-21-23)24(26)27/h3-10,13-14H,2,11-12H2,1H3,(H,22,25). The number of nitrogens with zero attached hydrogens (tertiary/aromatic N) is 3. The molecule has 1 aromatic heterocycles. The van der Waals surface area contributed by atoms with Gasteiger partial charge in [0.25, 0.3) is 0 Å². The Bertz CT molecular complexity index is 967. The summed E-state index contributed by atoms with van der Waals surface area (Å²) in [5.74, 6) is 1.88. The van der Waals surface area contributed by atoms with Crippen molar-refractivity contribution in [2.75, 3.05) is 11.9 Å². The molecule has 1 heterocycles. The summed E-state index contributed by atoms with van der Waals surface area (Å²) in [4.78, 5) is 22.2. The summed E-state index contributed by atoms with van der Waals surface area (Å²) in [6.45, 7) is 2.78. The highest BCUT2D eigenvalue weighted by Crippen LogP contribution is 2.25. The molecular formula is C20H20N4O5.